The van der Waals surface area contributed by atoms with Gasteiger partial charge in [-0.2, -0.15) is 0 Å². The molecule has 0 fully saturated rings. The van der Waals surface area contributed by atoms with Crippen molar-refractivity contribution < 1.29 is 24.5 Å². The SMILES string of the molecule is CC(O)(O)c1nc(-c2ccc(NC(=O)C(O)c3ccccc3)cc2F)c2c(N)ncc(Cl)n12.CCl. The number of nitrogens with zero attached hydrogens (tertiary/aromatic N) is 3. The fraction of sp³-hybridized carbons (Fsp3) is 0.174. The smallest absolute Gasteiger partial charge is 0.257 e. The number of carbonyl (C=O) groups excluding carboxylic acids is 1. The lowest BCUT2D eigenvalue weighted by atomic mass is 10.1. The molecule has 4 rings (SSSR count). The van der Waals surface area contributed by atoms with Gasteiger partial charge in [0.05, 0.1) is 6.20 Å². The monoisotopic (exact) mass is 521 g/mol. The van der Waals surface area contributed by atoms with Gasteiger partial charge in [0, 0.05) is 17.6 Å². The van der Waals surface area contributed by atoms with Crippen LogP contribution >= 0.6 is 23.2 Å². The lowest BCUT2D eigenvalue weighted by Gasteiger charge is -2.14. The van der Waals surface area contributed by atoms with Crippen molar-refractivity contribution in [2.75, 3.05) is 17.4 Å². The molecule has 1 amide bonds. The van der Waals surface area contributed by atoms with Gasteiger partial charge in [0.1, 0.15) is 28.0 Å². The van der Waals surface area contributed by atoms with Crippen LogP contribution in [-0.4, -0.2) is 42.0 Å². The van der Waals surface area contributed by atoms with Crippen LogP contribution in [-0.2, 0) is 10.6 Å². The third kappa shape index (κ3) is 5.37. The quantitative estimate of drug-likeness (QED) is 0.199. The molecule has 1 unspecified atom stereocenters. The molecular formula is C23H22Cl2FN5O4. The van der Waals surface area contributed by atoms with Crippen molar-refractivity contribution in [2.45, 2.75) is 18.8 Å². The zero-order chi connectivity index (χ0) is 25.9. The van der Waals surface area contributed by atoms with Crippen molar-refractivity contribution in [3.8, 4) is 11.3 Å². The van der Waals surface area contributed by atoms with Crippen LogP contribution in [0.1, 0.15) is 24.4 Å². The number of aliphatic hydroxyl groups excluding tert-OH is 1. The molecule has 0 aliphatic rings. The Balaban J connectivity index is 0.00000167. The molecule has 0 aliphatic carbocycles. The third-order valence-corrected chi connectivity index (χ3v) is 5.19. The Morgan fingerprint density at radius 2 is 1.86 bits per heavy atom. The van der Waals surface area contributed by atoms with Gasteiger partial charge in [0.15, 0.2) is 11.9 Å². The largest absolute Gasteiger partial charge is 0.382 e. The number of nitrogen functional groups attached to an aromatic ring is 1. The van der Waals surface area contributed by atoms with Crippen LogP contribution in [0.4, 0.5) is 15.9 Å². The molecule has 12 heteroatoms. The number of benzene rings is 2. The van der Waals surface area contributed by atoms with Crippen molar-refractivity contribution in [2.24, 2.45) is 0 Å². The Hall–Kier alpha value is -3.28. The molecule has 9 nitrogen and oxygen atoms in total. The first kappa shape index (κ1) is 26.3. The standard InChI is InChI=1S/C22H19ClFN5O4.CH3Cl/c1-22(32,33)21-28-16(17-19(25)26-10-15(23)29(17)21)13-8-7-12(9-14(13)24)27-20(31)18(30)11-5-3-2-4-6-11;1-2/h2-10,18,30,32-33H,1H3,(H2,25,26)(H,27,31);1H3. The normalized spacial score (nSPS) is 12.1. The molecule has 2 aromatic heterocycles. The van der Waals surface area contributed by atoms with Crippen molar-refractivity contribution >= 4 is 46.1 Å². The highest BCUT2D eigenvalue weighted by Gasteiger charge is 2.30. The highest BCUT2D eigenvalue weighted by atomic mass is 35.5. The topological polar surface area (TPSA) is 146 Å². The van der Waals surface area contributed by atoms with E-state index in [-0.39, 0.29) is 39.3 Å². The lowest BCUT2D eigenvalue weighted by molar-refractivity contribution is -0.159. The molecule has 2 aromatic carbocycles. The minimum Gasteiger partial charge on any atom is -0.382 e. The minimum atomic E-state index is -2.41. The van der Waals surface area contributed by atoms with Gasteiger partial charge in [0.25, 0.3) is 5.91 Å². The molecule has 35 heavy (non-hydrogen) atoms. The number of alkyl halides is 1. The van der Waals surface area contributed by atoms with Crippen LogP contribution in [0.15, 0.2) is 54.7 Å². The van der Waals surface area contributed by atoms with Crippen molar-refractivity contribution in [3.63, 3.8) is 0 Å². The summed E-state index contributed by atoms with van der Waals surface area (Å²) in [5.41, 5.74) is 6.46. The van der Waals surface area contributed by atoms with Crippen LogP contribution in [0.3, 0.4) is 0 Å². The van der Waals surface area contributed by atoms with Gasteiger partial charge < -0.3 is 26.4 Å². The predicted molar refractivity (Wildman–Crippen MR) is 131 cm³/mol. The Morgan fingerprint density at radius 3 is 2.46 bits per heavy atom. The van der Waals surface area contributed by atoms with Crippen LogP contribution in [0, 0.1) is 5.82 Å². The van der Waals surface area contributed by atoms with Crippen molar-refractivity contribution in [1.29, 1.82) is 0 Å². The Labute approximate surface area is 209 Å². The Morgan fingerprint density at radius 1 is 1.20 bits per heavy atom. The summed E-state index contributed by atoms with van der Waals surface area (Å²) >= 11 is 10.8. The van der Waals surface area contributed by atoms with E-state index in [4.69, 9.17) is 17.3 Å². The molecule has 0 bridgehead atoms. The number of anilines is 2. The van der Waals surface area contributed by atoms with Gasteiger partial charge in [-0.1, -0.05) is 41.9 Å². The number of hydrogen-bond donors (Lipinski definition) is 5. The molecule has 0 saturated heterocycles. The van der Waals surface area contributed by atoms with E-state index >= 15 is 4.39 Å². The maximum absolute atomic E-state index is 15.1. The average Bonchev–Trinajstić information content (AvgIpc) is 3.25. The second kappa shape index (κ2) is 10.5. The summed E-state index contributed by atoms with van der Waals surface area (Å²) in [6, 6.07) is 12.1. The van der Waals surface area contributed by atoms with Crippen LogP contribution < -0.4 is 11.1 Å². The van der Waals surface area contributed by atoms with Crippen LogP contribution in [0.25, 0.3) is 16.8 Å². The van der Waals surface area contributed by atoms with Gasteiger partial charge in [-0.25, -0.2) is 14.4 Å². The lowest BCUT2D eigenvalue weighted by Crippen LogP contribution is -2.23. The van der Waals surface area contributed by atoms with E-state index in [0.29, 0.717) is 5.56 Å². The number of aromatic nitrogens is 3. The molecule has 2 heterocycles. The maximum atomic E-state index is 15.1. The predicted octanol–water partition coefficient (Wildman–Crippen LogP) is 3.46. The van der Waals surface area contributed by atoms with E-state index in [1.807, 2.05) is 0 Å². The number of imidazole rings is 1. The number of carbonyl (C=O) groups is 1. The second-order valence-corrected chi connectivity index (χ2v) is 7.84. The second-order valence-electron chi connectivity index (χ2n) is 7.45. The molecule has 184 valence electrons. The van der Waals surface area contributed by atoms with E-state index < -0.39 is 23.6 Å². The highest BCUT2D eigenvalue weighted by molar-refractivity contribution is 6.30. The molecule has 0 radical (unpaired) electrons. The van der Waals surface area contributed by atoms with E-state index in [1.54, 1.807) is 30.3 Å². The summed E-state index contributed by atoms with van der Waals surface area (Å²) < 4.78 is 16.3. The number of hydrogen-bond acceptors (Lipinski definition) is 7. The first-order valence-corrected chi connectivity index (χ1v) is 11.2. The zero-order valence-electron chi connectivity index (χ0n) is 18.6. The maximum Gasteiger partial charge on any atom is 0.257 e. The Bertz CT molecular complexity index is 1360. The zero-order valence-corrected chi connectivity index (χ0v) is 20.1. The van der Waals surface area contributed by atoms with Gasteiger partial charge in [0.2, 0.25) is 5.79 Å². The molecule has 0 spiro atoms. The van der Waals surface area contributed by atoms with E-state index in [1.165, 1.54) is 29.1 Å². The van der Waals surface area contributed by atoms with Gasteiger partial charge in [-0.3, -0.25) is 9.20 Å². The summed E-state index contributed by atoms with van der Waals surface area (Å²) in [5, 5.41) is 32.9. The van der Waals surface area contributed by atoms with Gasteiger partial charge in [-0.05, 0) is 30.7 Å². The number of rotatable bonds is 5. The van der Waals surface area contributed by atoms with E-state index in [0.717, 1.165) is 13.0 Å². The van der Waals surface area contributed by atoms with E-state index in [9.17, 15) is 20.1 Å². The highest BCUT2D eigenvalue weighted by Crippen LogP contribution is 2.35. The fourth-order valence-electron chi connectivity index (χ4n) is 3.39. The number of aliphatic hydroxyl groups is 3. The number of amides is 1. The summed E-state index contributed by atoms with van der Waals surface area (Å²) in [7, 11) is 0. The summed E-state index contributed by atoms with van der Waals surface area (Å²) in [6.07, 6.45) is 1.24. The first-order valence-electron chi connectivity index (χ1n) is 10.1. The van der Waals surface area contributed by atoms with E-state index in [2.05, 4.69) is 26.9 Å². The molecule has 0 aliphatic heterocycles. The van der Waals surface area contributed by atoms with Gasteiger partial charge in [-0.15, -0.1) is 11.6 Å². The third-order valence-electron chi connectivity index (χ3n) is 4.92. The number of halogens is 3. The van der Waals surface area contributed by atoms with Gasteiger partial charge >= 0.3 is 0 Å². The van der Waals surface area contributed by atoms with Crippen molar-refractivity contribution in [1.82, 2.24) is 14.4 Å². The number of nitrogens with two attached hydrogens (primary N) is 1. The first-order chi connectivity index (χ1) is 16.6. The average molecular weight is 522 g/mol. The summed E-state index contributed by atoms with van der Waals surface area (Å²) in [6.45, 7) is 1.07. The number of fused-ring (bicyclic) bond motifs is 1. The van der Waals surface area contributed by atoms with Crippen LogP contribution in [0.2, 0.25) is 5.15 Å². The summed E-state index contributed by atoms with van der Waals surface area (Å²) in [5.74, 6) is -4.27. The molecule has 4 aromatic rings. The fourth-order valence-corrected chi connectivity index (χ4v) is 3.61. The Kier molecular flexibility index (Phi) is 7.93. The molecular weight excluding hydrogens is 500 g/mol. The van der Waals surface area contributed by atoms with Crippen molar-refractivity contribution in [3.05, 3.63) is 77.1 Å². The minimum absolute atomic E-state index is 0.0125. The molecule has 6 N–H and O–H groups in total. The van der Waals surface area contributed by atoms with Crippen LogP contribution in [0.5, 0.6) is 0 Å². The summed E-state index contributed by atoms with van der Waals surface area (Å²) in [4.78, 5) is 20.5. The molecule has 1 atom stereocenters. The molecule has 0 saturated carbocycles. The number of nitrogens with one attached hydrogen (secondary N) is 1.